The van der Waals surface area contributed by atoms with E-state index >= 15 is 0 Å². The first-order valence-corrected chi connectivity index (χ1v) is 10.2. The molecular weight excluding hydrogens is 433 g/mol. The van der Waals surface area contributed by atoms with Crippen LogP contribution in [-0.2, 0) is 9.59 Å². The summed E-state index contributed by atoms with van der Waals surface area (Å²) in [5.74, 6) is -1.80. The number of aliphatic hydroxyl groups excluding tert-OH is 1. The van der Waals surface area contributed by atoms with Crippen LogP contribution in [0.1, 0.15) is 22.7 Å². The van der Waals surface area contributed by atoms with E-state index < -0.39 is 23.5 Å². The zero-order valence-electron chi connectivity index (χ0n) is 17.3. The Morgan fingerprint density at radius 3 is 2.28 bits per heavy atom. The van der Waals surface area contributed by atoms with Crippen LogP contribution in [0.3, 0.4) is 0 Å². The molecular formula is C25H19ClFNO4. The lowest BCUT2D eigenvalue weighted by molar-refractivity contribution is -0.132. The fraction of sp³-hybridized carbons (Fsp3) is 0.120. The molecule has 5 nitrogen and oxygen atoms in total. The highest BCUT2D eigenvalue weighted by Gasteiger charge is 2.47. The molecule has 0 spiro atoms. The Balaban J connectivity index is 1.93. The van der Waals surface area contributed by atoms with E-state index in [1.807, 2.05) is 6.92 Å². The minimum Gasteiger partial charge on any atom is -0.507 e. The lowest BCUT2D eigenvalue weighted by atomic mass is 9.94. The molecule has 1 aliphatic rings. The summed E-state index contributed by atoms with van der Waals surface area (Å²) in [5.41, 5.74) is 1.97. The number of nitrogens with zero attached hydrogens (tertiary/aromatic N) is 1. The van der Waals surface area contributed by atoms with E-state index in [2.05, 4.69) is 0 Å². The molecule has 162 valence electrons. The van der Waals surface area contributed by atoms with Crippen molar-refractivity contribution in [2.75, 3.05) is 12.0 Å². The van der Waals surface area contributed by atoms with Gasteiger partial charge in [0.25, 0.3) is 11.7 Å². The van der Waals surface area contributed by atoms with Crippen molar-refractivity contribution in [1.82, 2.24) is 0 Å². The number of methoxy groups -OCH3 is 1. The van der Waals surface area contributed by atoms with E-state index in [1.54, 1.807) is 42.5 Å². The summed E-state index contributed by atoms with van der Waals surface area (Å²) in [6.45, 7) is 1.81. The second-order valence-corrected chi connectivity index (χ2v) is 7.82. The number of hydrogen-bond acceptors (Lipinski definition) is 4. The number of Topliss-reactive ketones (excluding diaryl/α,β-unsaturated/α-hetero) is 1. The van der Waals surface area contributed by atoms with Crippen molar-refractivity contribution < 1.29 is 23.8 Å². The normalized spacial score (nSPS) is 17.6. The van der Waals surface area contributed by atoms with Crippen LogP contribution >= 0.6 is 11.6 Å². The van der Waals surface area contributed by atoms with Crippen LogP contribution in [0.2, 0.25) is 5.02 Å². The monoisotopic (exact) mass is 451 g/mol. The number of anilines is 1. The molecule has 1 saturated heterocycles. The molecule has 3 aromatic carbocycles. The van der Waals surface area contributed by atoms with Crippen LogP contribution in [0.15, 0.2) is 72.3 Å². The molecule has 1 amide bonds. The van der Waals surface area contributed by atoms with Gasteiger partial charge >= 0.3 is 0 Å². The smallest absolute Gasteiger partial charge is 0.300 e. The molecule has 4 rings (SSSR count). The van der Waals surface area contributed by atoms with Gasteiger partial charge in [-0.25, -0.2) is 4.39 Å². The van der Waals surface area contributed by atoms with Gasteiger partial charge in [-0.1, -0.05) is 23.7 Å². The minimum absolute atomic E-state index is 0.0637. The van der Waals surface area contributed by atoms with E-state index in [-0.39, 0.29) is 11.3 Å². The van der Waals surface area contributed by atoms with Crippen LogP contribution in [-0.4, -0.2) is 23.9 Å². The zero-order chi connectivity index (χ0) is 23.0. The summed E-state index contributed by atoms with van der Waals surface area (Å²) >= 11 is 6.02. The van der Waals surface area contributed by atoms with Gasteiger partial charge < -0.3 is 9.84 Å². The molecule has 32 heavy (non-hydrogen) atoms. The van der Waals surface area contributed by atoms with Crippen molar-refractivity contribution >= 4 is 34.7 Å². The topological polar surface area (TPSA) is 66.8 Å². The summed E-state index contributed by atoms with van der Waals surface area (Å²) in [6.07, 6.45) is 0. The number of rotatable bonds is 4. The van der Waals surface area contributed by atoms with Crippen molar-refractivity contribution in [2.24, 2.45) is 0 Å². The number of carbonyl (C=O) groups is 2. The molecule has 0 radical (unpaired) electrons. The number of ether oxygens (including phenoxy) is 1. The Bertz CT molecular complexity index is 1240. The van der Waals surface area contributed by atoms with Gasteiger partial charge in [0.2, 0.25) is 0 Å². The molecule has 1 heterocycles. The van der Waals surface area contributed by atoms with Crippen LogP contribution < -0.4 is 9.64 Å². The number of ketones is 1. The summed E-state index contributed by atoms with van der Waals surface area (Å²) < 4.78 is 18.8. The van der Waals surface area contributed by atoms with Crippen molar-refractivity contribution in [3.8, 4) is 5.75 Å². The Hall–Kier alpha value is -3.64. The third kappa shape index (κ3) is 3.74. The zero-order valence-corrected chi connectivity index (χ0v) is 18.1. The first kappa shape index (κ1) is 21.6. The van der Waals surface area contributed by atoms with Gasteiger partial charge in [0.1, 0.15) is 17.3 Å². The van der Waals surface area contributed by atoms with Crippen molar-refractivity contribution in [3.05, 3.63) is 99.8 Å². The van der Waals surface area contributed by atoms with E-state index in [0.717, 1.165) is 5.56 Å². The standard InChI is InChI=1S/C25H19ClFNO4/c1-14-13-16(5-12-20(14)32-2)23(29)21-22(15-3-6-17(26)7-4-15)28(25(31)24(21)30)19-10-8-18(27)9-11-19/h3-13,22,29H,1-2H3/b23-21-. The van der Waals surface area contributed by atoms with Gasteiger partial charge in [0.05, 0.1) is 18.7 Å². The second kappa shape index (κ2) is 8.48. The van der Waals surface area contributed by atoms with Gasteiger partial charge in [-0.05, 0) is 72.6 Å². The predicted octanol–water partition coefficient (Wildman–Crippen LogP) is 5.42. The Morgan fingerprint density at radius 1 is 1.03 bits per heavy atom. The van der Waals surface area contributed by atoms with Crippen LogP contribution in [0, 0.1) is 12.7 Å². The molecule has 1 N–H and O–H groups in total. The highest BCUT2D eigenvalue weighted by Crippen LogP contribution is 2.42. The second-order valence-electron chi connectivity index (χ2n) is 7.38. The maximum absolute atomic E-state index is 13.5. The highest BCUT2D eigenvalue weighted by atomic mass is 35.5. The first-order valence-electron chi connectivity index (χ1n) is 9.79. The number of carbonyl (C=O) groups excluding carboxylic acids is 2. The number of aryl methyl sites for hydroxylation is 1. The average Bonchev–Trinajstić information content (AvgIpc) is 3.05. The predicted molar refractivity (Wildman–Crippen MR) is 120 cm³/mol. The van der Waals surface area contributed by atoms with Crippen LogP contribution in [0.4, 0.5) is 10.1 Å². The molecule has 7 heteroatoms. The molecule has 0 bridgehead atoms. The van der Waals surface area contributed by atoms with Gasteiger partial charge in [-0.2, -0.15) is 0 Å². The van der Waals surface area contributed by atoms with Gasteiger partial charge in [0.15, 0.2) is 0 Å². The van der Waals surface area contributed by atoms with E-state index in [4.69, 9.17) is 16.3 Å². The minimum atomic E-state index is -0.917. The summed E-state index contributed by atoms with van der Waals surface area (Å²) in [6, 6.07) is 16.0. The fourth-order valence-corrected chi connectivity index (χ4v) is 3.97. The average molecular weight is 452 g/mol. The SMILES string of the molecule is COc1ccc(/C(O)=C2/C(=O)C(=O)N(c3ccc(F)cc3)C2c2ccc(Cl)cc2)cc1C. The van der Waals surface area contributed by atoms with Gasteiger partial charge in [0, 0.05) is 16.3 Å². The van der Waals surface area contributed by atoms with E-state index in [0.29, 0.717) is 27.6 Å². The first-order chi connectivity index (χ1) is 15.3. The number of amides is 1. The lowest BCUT2D eigenvalue weighted by Crippen LogP contribution is -2.29. The molecule has 0 saturated carbocycles. The summed E-state index contributed by atoms with van der Waals surface area (Å²) in [4.78, 5) is 27.4. The van der Waals surface area contributed by atoms with Crippen molar-refractivity contribution in [3.63, 3.8) is 0 Å². The van der Waals surface area contributed by atoms with Crippen LogP contribution in [0.25, 0.3) is 5.76 Å². The molecule has 3 aromatic rings. The molecule has 1 aliphatic heterocycles. The van der Waals surface area contributed by atoms with Gasteiger partial charge in [-0.3, -0.25) is 14.5 Å². The summed E-state index contributed by atoms with van der Waals surface area (Å²) in [7, 11) is 1.54. The van der Waals surface area contributed by atoms with Gasteiger partial charge in [-0.15, -0.1) is 0 Å². The maximum atomic E-state index is 13.5. The third-order valence-corrected chi connectivity index (χ3v) is 5.66. The number of hydrogen-bond donors (Lipinski definition) is 1. The van der Waals surface area contributed by atoms with Crippen LogP contribution in [0.5, 0.6) is 5.75 Å². The number of aliphatic hydroxyl groups is 1. The Labute approximate surface area is 189 Å². The third-order valence-electron chi connectivity index (χ3n) is 5.40. The molecule has 0 aliphatic carbocycles. The van der Waals surface area contributed by atoms with E-state index in [9.17, 15) is 19.1 Å². The Kier molecular flexibility index (Phi) is 5.72. The molecule has 1 atom stereocenters. The van der Waals surface area contributed by atoms with Crippen molar-refractivity contribution in [2.45, 2.75) is 13.0 Å². The number of halogens is 2. The fourth-order valence-electron chi connectivity index (χ4n) is 3.84. The Morgan fingerprint density at radius 2 is 1.69 bits per heavy atom. The number of benzene rings is 3. The van der Waals surface area contributed by atoms with E-state index in [1.165, 1.54) is 36.3 Å². The molecule has 1 unspecified atom stereocenters. The summed E-state index contributed by atoms with van der Waals surface area (Å²) in [5, 5.41) is 11.6. The molecule has 0 aromatic heterocycles. The largest absolute Gasteiger partial charge is 0.507 e. The molecule has 1 fully saturated rings. The van der Waals surface area contributed by atoms with Crippen molar-refractivity contribution in [1.29, 1.82) is 0 Å². The maximum Gasteiger partial charge on any atom is 0.300 e. The highest BCUT2D eigenvalue weighted by molar-refractivity contribution is 6.51. The quantitative estimate of drug-likeness (QED) is 0.326. The lowest BCUT2D eigenvalue weighted by Gasteiger charge is -2.25.